The van der Waals surface area contributed by atoms with Crippen molar-refractivity contribution in [2.24, 2.45) is 11.8 Å². The zero-order valence-electron chi connectivity index (χ0n) is 9.58. The maximum atomic E-state index is 10.8. The molecule has 14 heavy (non-hydrogen) atoms. The summed E-state index contributed by atoms with van der Waals surface area (Å²) in [6.07, 6.45) is 2.94. The predicted octanol–water partition coefficient (Wildman–Crippen LogP) is 2.28. The fraction of sp³-hybridized carbons (Fsp3) is 0.909. The molecule has 0 aliphatic heterocycles. The maximum Gasteiger partial charge on any atom is 0.335 e. The predicted molar refractivity (Wildman–Crippen MR) is 56.1 cm³/mol. The summed E-state index contributed by atoms with van der Waals surface area (Å²) in [6, 6.07) is 0. The molecule has 0 spiro atoms. The molecule has 0 aliphatic rings. The van der Waals surface area contributed by atoms with E-state index in [1.54, 1.807) is 6.92 Å². The Kier molecular flexibility index (Phi) is 5.13. The largest absolute Gasteiger partial charge is 0.479 e. The summed E-state index contributed by atoms with van der Waals surface area (Å²) in [5, 5.41) is 18.5. The monoisotopic (exact) mass is 202 g/mol. The van der Waals surface area contributed by atoms with Gasteiger partial charge in [-0.15, -0.1) is 0 Å². The van der Waals surface area contributed by atoms with E-state index in [4.69, 9.17) is 5.11 Å². The first-order valence-electron chi connectivity index (χ1n) is 5.28. The average molecular weight is 202 g/mol. The smallest absolute Gasteiger partial charge is 0.335 e. The summed E-state index contributed by atoms with van der Waals surface area (Å²) in [6.45, 7) is 7.37. The number of hydrogen-bond donors (Lipinski definition) is 2. The van der Waals surface area contributed by atoms with Crippen LogP contribution in [0.5, 0.6) is 0 Å². The van der Waals surface area contributed by atoms with E-state index < -0.39 is 11.6 Å². The number of hydrogen-bond acceptors (Lipinski definition) is 2. The van der Waals surface area contributed by atoms with E-state index in [1.807, 2.05) is 0 Å². The number of carboxylic acids is 1. The first kappa shape index (κ1) is 13.4. The van der Waals surface area contributed by atoms with Gasteiger partial charge in [0.1, 0.15) is 0 Å². The van der Waals surface area contributed by atoms with Crippen molar-refractivity contribution in [2.75, 3.05) is 0 Å². The van der Waals surface area contributed by atoms with Crippen LogP contribution in [0.1, 0.15) is 47.0 Å². The molecule has 3 nitrogen and oxygen atoms in total. The van der Waals surface area contributed by atoms with Gasteiger partial charge in [0.05, 0.1) is 0 Å². The number of carbonyl (C=O) groups is 1. The second kappa shape index (κ2) is 5.35. The van der Waals surface area contributed by atoms with Crippen molar-refractivity contribution < 1.29 is 15.0 Å². The molecule has 0 radical (unpaired) electrons. The molecule has 0 aromatic carbocycles. The van der Waals surface area contributed by atoms with Crippen LogP contribution >= 0.6 is 0 Å². The van der Waals surface area contributed by atoms with Gasteiger partial charge in [0.15, 0.2) is 5.60 Å². The van der Waals surface area contributed by atoms with E-state index in [9.17, 15) is 9.90 Å². The molecule has 0 aromatic heterocycles. The van der Waals surface area contributed by atoms with Gasteiger partial charge in [-0.3, -0.25) is 0 Å². The summed E-state index contributed by atoms with van der Waals surface area (Å²) >= 11 is 0. The summed E-state index contributed by atoms with van der Waals surface area (Å²) in [5.74, 6) is -0.865. The molecule has 3 atom stereocenters. The third-order valence-electron chi connectivity index (χ3n) is 2.93. The normalized spacial score (nSPS) is 19.8. The van der Waals surface area contributed by atoms with E-state index in [0.717, 1.165) is 19.3 Å². The van der Waals surface area contributed by atoms with Crippen LogP contribution in [0.2, 0.25) is 0 Å². The Morgan fingerprint density at radius 1 is 1.43 bits per heavy atom. The SMILES string of the molecule is CCCC(C)CC(C)C(C)(O)C(=O)O. The fourth-order valence-electron chi connectivity index (χ4n) is 1.65. The highest BCUT2D eigenvalue weighted by Gasteiger charge is 2.36. The second-order valence-corrected chi connectivity index (χ2v) is 4.48. The zero-order chi connectivity index (χ0) is 11.4. The maximum absolute atomic E-state index is 10.8. The van der Waals surface area contributed by atoms with Crippen LogP contribution < -0.4 is 0 Å². The van der Waals surface area contributed by atoms with Gasteiger partial charge < -0.3 is 10.2 Å². The van der Waals surface area contributed by atoms with Gasteiger partial charge in [0.2, 0.25) is 0 Å². The van der Waals surface area contributed by atoms with E-state index >= 15 is 0 Å². The highest BCUT2D eigenvalue weighted by Crippen LogP contribution is 2.26. The molecular weight excluding hydrogens is 180 g/mol. The number of rotatable bonds is 6. The Morgan fingerprint density at radius 3 is 2.29 bits per heavy atom. The lowest BCUT2D eigenvalue weighted by atomic mass is 9.83. The zero-order valence-corrected chi connectivity index (χ0v) is 9.58. The van der Waals surface area contributed by atoms with Gasteiger partial charge in [-0.25, -0.2) is 4.79 Å². The Morgan fingerprint density at radius 2 is 1.93 bits per heavy atom. The number of aliphatic hydroxyl groups is 1. The lowest BCUT2D eigenvalue weighted by Gasteiger charge is -2.27. The molecule has 0 saturated heterocycles. The quantitative estimate of drug-likeness (QED) is 0.694. The Labute approximate surface area is 86.1 Å². The van der Waals surface area contributed by atoms with Crippen LogP contribution in [0.25, 0.3) is 0 Å². The van der Waals surface area contributed by atoms with Crippen molar-refractivity contribution in [1.82, 2.24) is 0 Å². The Hall–Kier alpha value is -0.570. The summed E-state index contributed by atoms with van der Waals surface area (Å²) in [5.41, 5.74) is -1.60. The Bertz CT molecular complexity index is 187. The summed E-state index contributed by atoms with van der Waals surface area (Å²) in [4.78, 5) is 10.8. The minimum atomic E-state index is -1.60. The van der Waals surface area contributed by atoms with Gasteiger partial charge in [0.25, 0.3) is 0 Å². The van der Waals surface area contributed by atoms with Crippen molar-refractivity contribution >= 4 is 5.97 Å². The summed E-state index contributed by atoms with van der Waals surface area (Å²) < 4.78 is 0. The van der Waals surface area contributed by atoms with Crippen molar-refractivity contribution in [3.63, 3.8) is 0 Å². The van der Waals surface area contributed by atoms with Crippen molar-refractivity contribution in [3.8, 4) is 0 Å². The molecule has 2 N–H and O–H groups in total. The third kappa shape index (κ3) is 3.66. The minimum Gasteiger partial charge on any atom is -0.479 e. The number of carboxylic acid groups (broad SMARTS) is 1. The van der Waals surface area contributed by atoms with E-state index in [-0.39, 0.29) is 5.92 Å². The highest BCUT2D eigenvalue weighted by atomic mass is 16.4. The Balaban J connectivity index is 4.19. The van der Waals surface area contributed by atoms with E-state index in [0.29, 0.717) is 5.92 Å². The van der Waals surface area contributed by atoms with Crippen LogP contribution in [0.4, 0.5) is 0 Å². The van der Waals surface area contributed by atoms with Crippen molar-refractivity contribution in [3.05, 3.63) is 0 Å². The van der Waals surface area contributed by atoms with Gasteiger partial charge >= 0.3 is 5.97 Å². The topological polar surface area (TPSA) is 57.5 Å². The average Bonchev–Trinajstić information content (AvgIpc) is 2.03. The van der Waals surface area contributed by atoms with E-state index in [2.05, 4.69) is 13.8 Å². The highest BCUT2D eigenvalue weighted by molar-refractivity contribution is 5.76. The second-order valence-electron chi connectivity index (χ2n) is 4.48. The molecule has 3 heteroatoms. The molecule has 0 saturated carbocycles. The third-order valence-corrected chi connectivity index (χ3v) is 2.93. The molecule has 0 aliphatic carbocycles. The summed E-state index contributed by atoms with van der Waals surface area (Å²) in [7, 11) is 0. The van der Waals surface area contributed by atoms with Crippen molar-refractivity contribution in [1.29, 1.82) is 0 Å². The van der Waals surface area contributed by atoms with Crippen LogP contribution in [-0.4, -0.2) is 21.8 Å². The van der Waals surface area contributed by atoms with Crippen LogP contribution in [-0.2, 0) is 4.79 Å². The molecule has 3 unspecified atom stereocenters. The minimum absolute atomic E-state index is 0.207. The lowest BCUT2D eigenvalue weighted by Crippen LogP contribution is -2.42. The molecule has 0 heterocycles. The standard InChI is InChI=1S/C11H22O3/c1-5-6-8(2)7-9(3)11(4,14)10(12)13/h8-9,14H,5-7H2,1-4H3,(H,12,13). The molecule has 0 fully saturated rings. The van der Waals surface area contributed by atoms with Crippen LogP contribution in [0.15, 0.2) is 0 Å². The van der Waals surface area contributed by atoms with Gasteiger partial charge in [0, 0.05) is 0 Å². The lowest BCUT2D eigenvalue weighted by molar-refractivity contribution is -0.162. The molecular formula is C11H22O3. The molecule has 84 valence electrons. The first-order chi connectivity index (χ1) is 6.32. The molecule has 0 bridgehead atoms. The van der Waals surface area contributed by atoms with Crippen molar-refractivity contribution in [2.45, 2.75) is 52.6 Å². The van der Waals surface area contributed by atoms with Gasteiger partial charge in [-0.1, -0.05) is 33.6 Å². The van der Waals surface area contributed by atoms with E-state index in [1.165, 1.54) is 6.92 Å². The number of aliphatic carboxylic acids is 1. The molecule has 0 aromatic rings. The van der Waals surface area contributed by atoms with Crippen LogP contribution in [0, 0.1) is 11.8 Å². The van der Waals surface area contributed by atoms with Gasteiger partial charge in [-0.05, 0) is 25.2 Å². The molecule has 0 amide bonds. The molecule has 0 rings (SSSR count). The van der Waals surface area contributed by atoms with Gasteiger partial charge in [-0.2, -0.15) is 0 Å². The van der Waals surface area contributed by atoms with Crippen LogP contribution in [0.3, 0.4) is 0 Å². The fourth-order valence-corrected chi connectivity index (χ4v) is 1.65. The first-order valence-corrected chi connectivity index (χ1v) is 5.28.